The molecule has 5 heterocycles. The topological polar surface area (TPSA) is 165 Å². The van der Waals surface area contributed by atoms with Gasteiger partial charge >= 0.3 is 49.4 Å². The van der Waals surface area contributed by atoms with Crippen LogP contribution in [-0.4, -0.2) is 172 Å². The van der Waals surface area contributed by atoms with E-state index < -0.39 is 137 Å². The first-order valence-corrected chi connectivity index (χ1v) is 25.2. The smallest absolute Gasteiger partial charge is 0.330 e. The Labute approximate surface area is 427 Å². The van der Waals surface area contributed by atoms with Gasteiger partial charge in [-0.25, -0.2) is 35.1 Å². The van der Waals surface area contributed by atoms with Crippen LogP contribution >= 0.6 is 0 Å². The highest BCUT2D eigenvalue weighted by Gasteiger charge is 2.65. The molecule has 9 rings (SSSR count). The minimum Gasteiger partial charge on any atom is -0.412 e. The van der Waals surface area contributed by atoms with Crippen molar-refractivity contribution in [3.63, 3.8) is 0 Å². The predicted octanol–water partition coefficient (Wildman–Crippen LogP) is 4.45. The monoisotopic (exact) mass is 1120 g/mol. The fourth-order valence-electron chi connectivity index (χ4n) is 13.9. The molecule has 9 aliphatic rings. The van der Waals surface area contributed by atoms with Crippen molar-refractivity contribution in [3.8, 4) is 0 Å². The summed E-state index contributed by atoms with van der Waals surface area (Å²) >= 11 is 0. The van der Waals surface area contributed by atoms with Gasteiger partial charge in [-0.05, 0) is 74.0 Å². The van der Waals surface area contributed by atoms with Crippen LogP contribution in [0.15, 0.2) is 0 Å². The van der Waals surface area contributed by atoms with Gasteiger partial charge in [-0.3, -0.25) is 42.5 Å². The van der Waals surface area contributed by atoms with E-state index in [1.165, 1.54) is 0 Å². The fraction of sp³-hybridized carbons (Fsp3) is 1.00. The first-order valence-electron chi connectivity index (χ1n) is 25.2. The molecule has 0 aromatic rings. The quantitative estimate of drug-likeness (QED) is 0.0812. The third-order valence-electron chi connectivity index (χ3n) is 17.2. The SMILES string of the molecule is FC(F)C(F)(F)COC1C(OCC(F)(F)C(F)F)C(OCC(F)(F)C(F)F)C2C3NC4NC(NC5NC(NC6NC(NC(N3)C2C1OCC(F)(F)C(F)F)C1CCCCC61)C1CCCCC51)C1CCCCC41.O.[AlH2]. The molecule has 429 valence electrons. The third kappa shape index (κ3) is 12.3. The van der Waals surface area contributed by atoms with Crippen molar-refractivity contribution in [2.75, 3.05) is 26.4 Å². The van der Waals surface area contributed by atoms with Crippen molar-refractivity contribution in [1.29, 1.82) is 0 Å². The lowest BCUT2D eigenvalue weighted by atomic mass is 9.71. The van der Waals surface area contributed by atoms with Gasteiger partial charge in [0.15, 0.2) is 0 Å². The van der Waals surface area contributed by atoms with Crippen LogP contribution in [0, 0.1) is 47.3 Å². The molecule has 20 unspecified atom stereocenters. The Kier molecular flexibility index (Phi) is 19.6. The molecule has 1 radical (unpaired) electrons. The Morgan fingerprint density at radius 1 is 0.311 bits per heavy atom. The Morgan fingerprint density at radius 3 is 0.689 bits per heavy atom. The maximum absolute atomic E-state index is 15.0. The Hall–Kier alpha value is -1.11. The molecular formula is C44H68AlF16N8O5. The largest absolute Gasteiger partial charge is 0.412 e. The van der Waals surface area contributed by atoms with Crippen molar-refractivity contribution in [3.05, 3.63) is 0 Å². The van der Waals surface area contributed by atoms with Crippen LogP contribution in [-0.2, 0) is 18.9 Å². The summed E-state index contributed by atoms with van der Waals surface area (Å²) in [4.78, 5) is 0. The maximum Gasteiger partial charge on any atom is 0.330 e. The summed E-state index contributed by atoms with van der Waals surface area (Å²) < 4.78 is 251. The first-order chi connectivity index (χ1) is 34.0. The van der Waals surface area contributed by atoms with Crippen LogP contribution < -0.4 is 42.5 Å². The van der Waals surface area contributed by atoms with Gasteiger partial charge in [-0.1, -0.05) is 38.5 Å². The molecule has 0 aromatic carbocycles. The molecule has 74 heavy (non-hydrogen) atoms. The number of nitrogens with one attached hydrogen (secondary N) is 8. The van der Waals surface area contributed by atoms with Crippen molar-refractivity contribution < 1.29 is 94.7 Å². The number of ether oxygens (including phenoxy) is 4. The summed E-state index contributed by atoms with van der Waals surface area (Å²) in [5, 5.41) is 28.7. The maximum atomic E-state index is 15.0. The molecule has 8 bridgehead atoms. The molecule has 13 nitrogen and oxygen atoms in total. The zero-order valence-corrected chi connectivity index (χ0v) is 42.4. The Balaban J connectivity index is 0.00000400. The highest BCUT2D eigenvalue weighted by molar-refractivity contribution is 5.75. The molecule has 0 amide bonds. The third-order valence-corrected chi connectivity index (χ3v) is 17.2. The van der Waals surface area contributed by atoms with E-state index in [0.717, 1.165) is 64.2 Å². The van der Waals surface area contributed by atoms with Crippen LogP contribution in [0.3, 0.4) is 0 Å². The summed E-state index contributed by atoms with van der Waals surface area (Å²) in [6.07, 6.45) is -23.8. The molecule has 4 saturated carbocycles. The second-order valence-electron chi connectivity index (χ2n) is 21.5. The molecule has 0 aromatic heterocycles. The lowest BCUT2D eigenvalue weighted by Crippen LogP contribution is -2.67. The zero-order valence-electron chi connectivity index (χ0n) is 40.4. The van der Waals surface area contributed by atoms with E-state index >= 15 is 17.6 Å². The van der Waals surface area contributed by atoms with Crippen LogP contribution in [0.25, 0.3) is 0 Å². The minimum absolute atomic E-state index is 0. The molecule has 4 aliphatic carbocycles. The highest BCUT2D eigenvalue weighted by atomic mass is 27.0. The first kappa shape index (κ1) is 60.5. The van der Waals surface area contributed by atoms with E-state index in [1.807, 2.05) is 0 Å². The Bertz CT molecular complexity index is 1700. The molecule has 20 atom stereocenters. The molecule has 10 N–H and O–H groups in total. The standard InChI is InChI=1S/C44H64F16N8O4.Al.H2O.2H/c45-37(46)41(53,54)13-69-25-23-24(26(70-14-42(55,56)38(47)48)28(72-16-44(59,60)40(51)52)27(25)71-15-43(57,58)39(49)50)36-67-34-22-12-6-4-10-20(22)32(65-34)63-30-18-8-2-1-7-17(18)29(61-30)62-31-19-9-3-5-11-21(19)33(64-31)66-35(23)68-36;;;;/h17-40,61-68H,1-16H2;;1H2;;. The second-order valence-corrected chi connectivity index (χ2v) is 21.5. The van der Waals surface area contributed by atoms with Gasteiger partial charge in [0.25, 0.3) is 0 Å². The zero-order chi connectivity index (χ0) is 51.7. The molecule has 30 heteroatoms. The lowest BCUT2D eigenvalue weighted by Gasteiger charge is -2.51. The summed E-state index contributed by atoms with van der Waals surface area (Å²) in [6, 6.07) is 0. The number of halogens is 16. The highest BCUT2D eigenvalue weighted by Crippen LogP contribution is 2.49. The predicted molar refractivity (Wildman–Crippen MR) is 234 cm³/mol. The summed E-state index contributed by atoms with van der Waals surface area (Å²) in [5.74, 6) is -23.9. The van der Waals surface area contributed by atoms with E-state index in [4.69, 9.17) is 18.9 Å². The number of rotatable bonds is 16. The van der Waals surface area contributed by atoms with Gasteiger partial charge in [-0.2, -0.15) is 35.1 Å². The van der Waals surface area contributed by atoms with Crippen molar-refractivity contribution in [2.24, 2.45) is 47.3 Å². The number of fused-ring (bicyclic) bond motifs is 20. The van der Waals surface area contributed by atoms with Crippen molar-refractivity contribution in [1.82, 2.24) is 42.5 Å². The van der Waals surface area contributed by atoms with Gasteiger partial charge in [0, 0.05) is 11.8 Å². The molecular weight excluding hydrogens is 1050 g/mol. The fourth-order valence-corrected chi connectivity index (χ4v) is 13.9. The molecule has 5 aliphatic heterocycles. The number of hydrogen-bond acceptors (Lipinski definition) is 12. The molecule has 0 spiro atoms. The van der Waals surface area contributed by atoms with Crippen LogP contribution in [0.1, 0.15) is 77.0 Å². The average Bonchev–Trinajstić information content (AvgIpc) is 4.07. The lowest BCUT2D eigenvalue weighted by molar-refractivity contribution is -0.290. The summed E-state index contributed by atoms with van der Waals surface area (Å²) in [7, 11) is 0. The van der Waals surface area contributed by atoms with Gasteiger partial charge in [-0.15, -0.1) is 0 Å². The Morgan fingerprint density at radius 2 is 0.486 bits per heavy atom. The van der Waals surface area contributed by atoms with E-state index in [-0.39, 0.29) is 83.0 Å². The van der Waals surface area contributed by atoms with Gasteiger partial charge < -0.3 is 24.4 Å². The minimum atomic E-state index is -5.14. The van der Waals surface area contributed by atoms with E-state index in [2.05, 4.69) is 42.5 Å². The van der Waals surface area contributed by atoms with E-state index in [9.17, 15) is 52.7 Å². The van der Waals surface area contributed by atoms with Gasteiger partial charge in [0.2, 0.25) is 0 Å². The summed E-state index contributed by atoms with van der Waals surface area (Å²) in [5.41, 5.74) is 0. The van der Waals surface area contributed by atoms with Crippen LogP contribution in [0.4, 0.5) is 70.2 Å². The molecule has 9 fully saturated rings. The van der Waals surface area contributed by atoms with E-state index in [0.29, 0.717) is 12.8 Å². The summed E-state index contributed by atoms with van der Waals surface area (Å²) in [6.45, 7) is -9.33. The molecule has 5 saturated heterocycles. The van der Waals surface area contributed by atoms with Crippen molar-refractivity contribution in [2.45, 2.75) is 200 Å². The van der Waals surface area contributed by atoms with E-state index in [1.54, 1.807) is 0 Å². The van der Waals surface area contributed by atoms with Crippen molar-refractivity contribution >= 4 is 17.4 Å². The number of alkyl halides is 16. The van der Waals surface area contributed by atoms with Gasteiger partial charge in [0.05, 0.1) is 61.5 Å². The average molecular weight is 1120 g/mol. The van der Waals surface area contributed by atoms with Crippen LogP contribution in [0.5, 0.6) is 0 Å². The second kappa shape index (κ2) is 23.9. The van der Waals surface area contributed by atoms with Gasteiger partial charge in [0.1, 0.15) is 56.0 Å². The normalized spacial score (nSPS) is 41.7. The number of hydrogen-bond donors (Lipinski definition) is 8. The van der Waals surface area contributed by atoms with Crippen LogP contribution in [0.2, 0.25) is 0 Å².